The van der Waals surface area contributed by atoms with Gasteiger partial charge < -0.3 is 39.9 Å². The van der Waals surface area contributed by atoms with Gasteiger partial charge in [0.25, 0.3) is 5.88 Å². The van der Waals surface area contributed by atoms with Crippen LogP contribution in [0.2, 0.25) is 0 Å². The van der Waals surface area contributed by atoms with Gasteiger partial charge in [0.15, 0.2) is 17.3 Å². The Bertz CT molecular complexity index is 2150. The first-order valence-corrected chi connectivity index (χ1v) is 16.7. The summed E-state index contributed by atoms with van der Waals surface area (Å²) < 4.78 is 46.2. The maximum Gasteiger partial charge on any atom is 0.338 e. The molecule has 1 aliphatic heterocycles. The minimum Gasteiger partial charge on any atom is -0.768 e. The number of hydrogen-bond donors (Lipinski definition) is 4. The van der Waals surface area contributed by atoms with Crippen LogP contribution in [0.3, 0.4) is 0 Å². The second-order valence-corrected chi connectivity index (χ2v) is 12.2. The number of fused-ring (bicyclic) bond motifs is 1. The van der Waals surface area contributed by atoms with Gasteiger partial charge in [0, 0.05) is 16.9 Å². The topological polar surface area (TPSA) is 211 Å². The standard InChI is InChI=1S/C36H32N6O8S/c1-3-47-35(44)23-15-20(2)16-25(18-23)49-34-30-32(39-27(33(43)40-30)17-21-9-12-26(13-10-21)51(45)46)41-36(42-34)50-29-19-22(31(37)38)11-14-28(29)48-24-7-5-4-6-8-24/h4-16,18-19,27H,3,17H2,1-2H3,(H3,37,38)(H,40,43)(H,45,46)(H,39,41,42)/p-1. The maximum absolute atomic E-state index is 13.4. The zero-order valence-electron chi connectivity index (χ0n) is 27.3. The molecular formula is C36H31N6O8S-. The molecule has 0 spiro atoms. The van der Waals surface area contributed by atoms with E-state index in [1.165, 1.54) is 24.3 Å². The molecule has 0 fully saturated rings. The number of para-hydroxylation sites is 1. The number of ether oxygens (including phenoxy) is 4. The number of nitrogens with two attached hydrogens (primary N) is 1. The number of aryl methyl sites for hydroxylation is 1. The van der Waals surface area contributed by atoms with Gasteiger partial charge in [-0.25, -0.2) is 4.79 Å². The Kier molecular flexibility index (Phi) is 10.2. The number of rotatable bonds is 12. The Morgan fingerprint density at radius 3 is 2.39 bits per heavy atom. The molecule has 0 saturated heterocycles. The van der Waals surface area contributed by atoms with Crippen molar-refractivity contribution < 1.29 is 37.3 Å². The highest BCUT2D eigenvalue weighted by atomic mass is 32.2. The Morgan fingerprint density at radius 2 is 1.69 bits per heavy atom. The molecule has 51 heavy (non-hydrogen) atoms. The minimum atomic E-state index is -2.39. The van der Waals surface area contributed by atoms with E-state index < -0.39 is 29.0 Å². The number of nitrogen functional groups attached to an aromatic ring is 1. The fourth-order valence-electron chi connectivity index (χ4n) is 5.12. The molecule has 6 rings (SSSR count). The molecule has 14 nitrogen and oxygen atoms in total. The van der Waals surface area contributed by atoms with Crippen molar-refractivity contribution in [1.29, 1.82) is 5.41 Å². The van der Waals surface area contributed by atoms with Crippen LogP contribution in [0.15, 0.2) is 95.9 Å². The third-order valence-electron chi connectivity index (χ3n) is 7.49. The number of benzene rings is 4. The maximum atomic E-state index is 13.4. The first kappa shape index (κ1) is 34.5. The van der Waals surface area contributed by atoms with Crippen LogP contribution in [-0.4, -0.2) is 49.1 Å². The summed E-state index contributed by atoms with van der Waals surface area (Å²) >= 11 is -2.39. The summed E-state index contributed by atoms with van der Waals surface area (Å²) in [4.78, 5) is 35.1. The van der Waals surface area contributed by atoms with Crippen molar-refractivity contribution >= 4 is 40.3 Å². The number of amides is 1. The summed E-state index contributed by atoms with van der Waals surface area (Å²) in [6.07, 6.45) is 0.184. The molecule has 260 valence electrons. The molecule has 0 bridgehead atoms. The van der Waals surface area contributed by atoms with Crippen LogP contribution >= 0.6 is 0 Å². The molecule has 15 heteroatoms. The first-order chi connectivity index (χ1) is 24.6. The van der Waals surface area contributed by atoms with Crippen LogP contribution in [0, 0.1) is 12.3 Å². The monoisotopic (exact) mass is 707 g/mol. The van der Waals surface area contributed by atoms with E-state index in [0.717, 1.165) is 0 Å². The van der Waals surface area contributed by atoms with Crippen molar-refractivity contribution in [2.75, 3.05) is 17.2 Å². The number of carbonyl (C=O) groups is 2. The molecule has 0 saturated carbocycles. The minimum absolute atomic E-state index is 0.106. The predicted octanol–water partition coefficient (Wildman–Crippen LogP) is 5.84. The van der Waals surface area contributed by atoms with Crippen molar-refractivity contribution in [2.24, 2.45) is 5.73 Å². The van der Waals surface area contributed by atoms with E-state index in [-0.39, 0.29) is 70.0 Å². The molecule has 2 heterocycles. The van der Waals surface area contributed by atoms with E-state index in [0.29, 0.717) is 22.4 Å². The SMILES string of the molecule is CCOC(=O)c1cc(C)cc(Oc2nc(Oc3cc(C(=N)N)ccc3Oc3ccccc3)nc3c2NC(=O)C(Cc2ccc(S(=O)[O-])cc2)N3)c1. The van der Waals surface area contributed by atoms with E-state index in [2.05, 4.69) is 20.6 Å². The number of nitrogens with one attached hydrogen (secondary N) is 3. The predicted molar refractivity (Wildman–Crippen MR) is 187 cm³/mol. The van der Waals surface area contributed by atoms with Gasteiger partial charge in [-0.05, 0) is 96.7 Å². The zero-order chi connectivity index (χ0) is 36.1. The lowest BCUT2D eigenvalue weighted by Gasteiger charge is -2.27. The molecule has 5 N–H and O–H groups in total. The average Bonchev–Trinajstić information content (AvgIpc) is 3.10. The van der Waals surface area contributed by atoms with Gasteiger partial charge in [-0.3, -0.25) is 14.4 Å². The van der Waals surface area contributed by atoms with Gasteiger partial charge in [0.1, 0.15) is 29.1 Å². The number of anilines is 2. The quantitative estimate of drug-likeness (QED) is 0.0522. The highest BCUT2D eigenvalue weighted by Gasteiger charge is 2.31. The molecule has 1 amide bonds. The van der Waals surface area contributed by atoms with Gasteiger partial charge in [-0.1, -0.05) is 30.3 Å². The largest absolute Gasteiger partial charge is 0.768 e. The molecule has 4 aromatic carbocycles. The summed E-state index contributed by atoms with van der Waals surface area (Å²) in [5, 5.41) is 13.9. The number of nitrogens with zero attached hydrogens (tertiary/aromatic N) is 2. The summed E-state index contributed by atoms with van der Waals surface area (Å²) in [5.74, 6) is 0.0253. The normalized spacial score (nSPS) is 13.9. The average molecular weight is 708 g/mol. The van der Waals surface area contributed by atoms with Crippen molar-refractivity contribution in [3.8, 4) is 34.9 Å². The molecule has 2 atom stereocenters. The second-order valence-electron chi connectivity index (χ2n) is 11.3. The number of aromatic nitrogens is 2. The van der Waals surface area contributed by atoms with Crippen LogP contribution in [0.1, 0.15) is 34.0 Å². The molecular weight excluding hydrogens is 676 g/mol. The van der Waals surface area contributed by atoms with E-state index in [9.17, 15) is 18.4 Å². The highest BCUT2D eigenvalue weighted by Crippen LogP contribution is 2.41. The molecule has 2 unspecified atom stereocenters. The summed E-state index contributed by atoms with van der Waals surface area (Å²) in [5.41, 5.74) is 7.89. The second kappa shape index (κ2) is 15.1. The Hall–Kier alpha value is -6.32. The van der Waals surface area contributed by atoms with E-state index in [1.807, 2.05) is 18.2 Å². The molecule has 5 aromatic rings. The molecule has 1 aromatic heterocycles. The Balaban J connectivity index is 1.39. The Morgan fingerprint density at radius 1 is 0.922 bits per heavy atom. The summed E-state index contributed by atoms with van der Waals surface area (Å²) in [7, 11) is 0. The zero-order valence-corrected chi connectivity index (χ0v) is 28.1. The van der Waals surface area contributed by atoms with E-state index in [4.69, 9.17) is 30.1 Å². The van der Waals surface area contributed by atoms with Crippen LogP contribution in [0.5, 0.6) is 34.9 Å². The number of amidine groups is 1. The van der Waals surface area contributed by atoms with Crippen molar-refractivity contribution in [3.05, 3.63) is 113 Å². The van der Waals surface area contributed by atoms with E-state index >= 15 is 0 Å². The van der Waals surface area contributed by atoms with Gasteiger partial charge in [-0.15, -0.1) is 0 Å². The van der Waals surface area contributed by atoms with Crippen LogP contribution in [0.25, 0.3) is 0 Å². The number of carbonyl (C=O) groups excluding carboxylic acids is 2. The van der Waals surface area contributed by atoms with Crippen LogP contribution in [0.4, 0.5) is 11.5 Å². The lowest BCUT2D eigenvalue weighted by Crippen LogP contribution is -2.41. The molecule has 0 radical (unpaired) electrons. The smallest absolute Gasteiger partial charge is 0.338 e. The van der Waals surface area contributed by atoms with Crippen molar-refractivity contribution in [3.63, 3.8) is 0 Å². The van der Waals surface area contributed by atoms with Gasteiger partial charge in [0.05, 0.1) is 12.2 Å². The Labute approximate surface area is 294 Å². The first-order valence-electron chi connectivity index (χ1n) is 15.6. The van der Waals surface area contributed by atoms with Gasteiger partial charge >= 0.3 is 12.0 Å². The molecule has 0 aliphatic carbocycles. The third-order valence-corrected chi connectivity index (χ3v) is 8.15. The lowest BCUT2D eigenvalue weighted by atomic mass is 10.0. The van der Waals surface area contributed by atoms with Gasteiger partial charge in [-0.2, -0.15) is 9.97 Å². The van der Waals surface area contributed by atoms with Gasteiger partial charge in [0.2, 0.25) is 5.91 Å². The fourth-order valence-corrected chi connectivity index (χ4v) is 5.48. The highest BCUT2D eigenvalue weighted by molar-refractivity contribution is 7.79. The van der Waals surface area contributed by atoms with E-state index in [1.54, 1.807) is 62.4 Å². The molecule has 1 aliphatic rings. The van der Waals surface area contributed by atoms with Crippen LogP contribution < -0.4 is 30.6 Å². The summed E-state index contributed by atoms with van der Waals surface area (Å²) in [6, 6.07) is 23.6. The van der Waals surface area contributed by atoms with Crippen LogP contribution in [-0.2, 0) is 27.0 Å². The summed E-state index contributed by atoms with van der Waals surface area (Å²) in [6.45, 7) is 3.67. The van der Waals surface area contributed by atoms with Crippen molar-refractivity contribution in [1.82, 2.24) is 9.97 Å². The fraction of sp³-hybridized carbons (Fsp3) is 0.139. The lowest BCUT2D eigenvalue weighted by molar-refractivity contribution is -0.117. The third kappa shape index (κ3) is 8.29. The number of hydrogen-bond acceptors (Lipinski definition) is 12. The number of esters is 1. The van der Waals surface area contributed by atoms with Crippen molar-refractivity contribution in [2.45, 2.75) is 31.2 Å².